The van der Waals surface area contributed by atoms with Crippen molar-refractivity contribution in [2.75, 3.05) is 24.5 Å². The molecule has 2 aliphatic heterocycles. The molecule has 0 aliphatic carbocycles. The van der Waals surface area contributed by atoms with Crippen molar-refractivity contribution in [3.63, 3.8) is 0 Å². The third kappa shape index (κ3) is 8.56. The number of aliphatic hydroxyl groups excluding tert-OH is 1. The number of thiophene rings is 1. The largest absolute Gasteiger partial charge is 0.507 e. The first kappa shape index (κ1) is 42.3. The number of amides is 2. The Hall–Kier alpha value is -6.03. The second-order valence-electron chi connectivity index (χ2n) is 17.1. The zero-order valence-corrected chi connectivity index (χ0v) is 37.5. The monoisotopic (exact) mass is 882 g/mol. The lowest BCUT2D eigenvalue weighted by Gasteiger charge is -2.33. The second kappa shape index (κ2) is 17.6. The molecule has 0 bridgehead atoms. The average molecular weight is 883 g/mol. The van der Waals surface area contributed by atoms with Crippen LogP contribution >= 0.6 is 22.7 Å². The molecule has 2 aliphatic rings. The normalized spacial score (nSPS) is 18.0. The summed E-state index contributed by atoms with van der Waals surface area (Å²) in [7, 11) is 0. The number of piperidine rings is 1. The van der Waals surface area contributed by atoms with E-state index in [0.29, 0.717) is 28.6 Å². The number of phenolic OH excluding ortho intramolecular Hbond substituents is 1. The maximum atomic E-state index is 14.3. The van der Waals surface area contributed by atoms with E-state index in [9.17, 15) is 19.8 Å². The summed E-state index contributed by atoms with van der Waals surface area (Å²) in [6.45, 7) is 11.6. The maximum Gasteiger partial charge on any atom is 0.243 e. The first-order valence-corrected chi connectivity index (χ1v) is 23.1. The molecule has 4 atom stereocenters. The molecule has 7 heterocycles. The molecule has 0 saturated carbocycles. The van der Waals surface area contributed by atoms with E-state index in [1.54, 1.807) is 47.1 Å². The molecule has 0 spiro atoms. The lowest BCUT2D eigenvalue weighted by Crippen LogP contribution is -2.48. The highest BCUT2D eigenvalue weighted by Gasteiger charge is 2.43. The Labute approximate surface area is 373 Å². The number of aromatic hydroxyl groups is 1. The van der Waals surface area contributed by atoms with Gasteiger partial charge in [0.05, 0.1) is 33.9 Å². The zero-order chi connectivity index (χ0) is 43.9. The molecule has 15 heteroatoms. The number of carbonyl (C=O) groups excluding carboxylic acids is 2. The van der Waals surface area contributed by atoms with Crippen LogP contribution in [0.5, 0.6) is 5.75 Å². The number of aliphatic hydroxyl groups is 1. The summed E-state index contributed by atoms with van der Waals surface area (Å²) < 4.78 is 5.89. The van der Waals surface area contributed by atoms with E-state index in [0.717, 1.165) is 74.8 Å². The molecule has 9 rings (SSSR count). The fourth-order valence-electron chi connectivity index (χ4n) is 9.00. The molecule has 63 heavy (non-hydrogen) atoms. The van der Waals surface area contributed by atoms with Gasteiger partial charge in [0.1, 0.15) is 39.8 Å². The number of pyridine rings is 1. The number of carbonyl (C=O) groups is 2. The number of anilines is 1. The molecule has 2 saturated heterocycles. The van der Waals surface area contributed by atoms with Crippen LogP contribution in [0.4, 0.5) is 5.82 Å². The number of thiazole rings is 1. The first-order valence-electron chi connectivity index (χ1n) is 21.4. The van der Waals surface area contributed by atoms with Crippen molar-refractivity contribution < 1.29 is 24.3 Å². The number of para-hydroxylation sites is 1. The van der Waals surface area contributed by atoms with Gasteiger partial charge < -0.3 is 29.9 Å². The number of hydrogen-bond donors (Lipinski definition) is 3. The summed E-state index contributed by atoms with van der Waals surface area (Å²) in [4.78, 5) is 44.5. The number of phenols is 1. The van der Waals surface area contributed by atoms with Crippen LogP contribution in [0.1, 0.15) is 85.4 Å². The van der Waals surface area contributed by atoms with E-state index in [-0.39, 0.29) is 42.5 Å². The molecule has 5 aromatic heterocycles. The van der Waals surface area contributed by atoms with Crippen molar-refractivity contribution in [3.8, 4) is 38.7 Å². The number of aromatic nitrogens is 5. The molecule has 0 unspecified atom stereocenters. The minimum Gasteiger partial charge on any atom is -0.507 e. The topological polar surface area (TPSA) is 171 Å². The number of rotatable bonds is 11. The summed E-state index contributed by atoms with van der Waals surface area (Å²) in [5.41, 5.74) is 8.51. The molecule has 3 N–H and O–H groups in total. The summed E-state index contributed by atoms with van der Waals surface area (Å²) in [5, 5.41) is 38.5. The van der Waals surface area contributed by atoms with Gasteiger partial charge in [-0.05, 0) is 92.5 Å². The van der Waals surface area contributed by atoms with Gasteiger partial charge in [0.15, 0.2) is 0 Å². The van der Waals surface area contributed by atoms with Crippen molar-refractivity contribution in [1.29, 1.82) is 0 Å². The Morgan fingerprint density at radius 1 is 0.921 bits per heavy atom. The van der Waals surface area contributed by atoms with Crippen LogP contribution < -0.4 is 10.2 Å². The molecule has 324 valence electrons. The van der Waals surface area contributed by atoms with Crippen molar-refractivity contribution in [2.24, 2.45) is 5.92 Å². The number of likely N-dealkylation sites (tertiary alicyclic amines) is 1. The molecule has 13 nitrogen and oxygen atoms in total. The van der Waals surface area contributed by atoms with E-state index < -0.39 is 18.1 Å². The summed E-state index contributed by atoms with van der Waals surface area (Å²) in [6, 6.07) is 22.2. The van der Waals surface area contributed by atoms with Crippen LogP contribution in [0.3, 0.4) is 0 Å². The number of benzene rings is 2. The quantitative estimate of drug-likeness (QED) is 0.113. The fraction of sp³-hybridized carbons (Fsp3) is 0.354. The summed E-state index contributed by atoms with van der Waals surface area (Å²) >= 11 is 3.28. The minimum absolute atomic E-state index is 0.0563. The average Bonchev–Trinajstić information content (AvgIpc) is 4.11. The fourth-order valence-corrected chi connectivity index (χ4v) is 10.9. The second-order valence-corrected chi connectivity index (χ2v) is 19.1. The van der Waals surface area contributed by atoms with E-state index in [1.165, 1.54) is 9.78 Å². The third-order valence-corrected chi connectivity index (χ3v) is 14.6. The van der Waals surface area contributed by atoms with Crippen LogP contribution in [-0.2, 0) is 9.59 Å². The number of nitrogens with zero attached hydrogens (tertiary/aromatic N) is 7. The van der Waals surface area contributed by atoms with Gasteiger partial charge in [-0.25, -0.2) is 9.97 Å². The summed E-state index contributed by atoms with van der Waals surface area (Å²) in [5.74, 6) is 0.443. The zero-order valence-electron chi connectivity index (χ0n) is 35.9. The van der Waals surface area contributed by atoms with Gasteiger partial charge in [-0.3, -0.25) is 9.59 Å². The number of hydrogen-bond acceptors (Lipinski definition) is 13. The van der Waals surface area contributed by atoms with Gasteiger partial charge in [-0.15, -0.1) is 32.9 Å². The molecule has 0 radical (unpaired) electrons. The predicted octanol–water partition coefficient (Wildman–Crippen LogP) is 8.82. The van der Waals surface area contributed by atoms with Gasteiger partial charge in [-0.1, -0.05) is 55.4 Å². The number of β-amino-alcohol motifs (C(OH)–C–C–N with tert-alkyl or cyclic N) is 1. The first-order chi connectivity index (χ1) is 30.4. The van der Waals surface area contributed by atoms with Crippen LogP contribution in [-0.4, -0.2) is 84.0 Å². The maximum absolute atomic E-state index is 14.3. The Balaban J connectivity index is 0.840. The van der Waals surface area contributed by atoms with Crippen LogP contribution in [0.2, 0.25) is 0 Å². The molecule has 7 aromatic rings. The third-order valence-electron chi connectivity index (χ3n) is 12.4. The van der Waals surface area contributed by atoms with Crippen LogP contribution in [0.25, 0.3) is 43.2 Å². The SMILES string of the molecule is Cc1cc(-c2cc([C@H](C(=O)N3C[C@H](O)C[C@H]3C(=O)N[C@@H](C)c3ccc(-c4scnc4C)cc3)C(C)C)on2)cnc1N1CCC(c2cc3cc(-c4ccccc4O)nnc3s2)CC1. The van der Waals surface area contributed by atoms with Crippen molar-refractivity contribution in [1.82, 2.24) is 35.5 Å². The number of aryl methyl sites for hydroxylation is 2. The molecular formula is C48H50N8O5S2. The molecular weight excluding hydrogens is 833 g/mol. The van der Waals surface area contributed by atoms with Crippen LogP contribution in [0, 0.1) is 19.8 Å². The highest BCUT2D eigenvalue weighted by molar-refractivity contribution is 7.18. The van der Waals surface area contributed by atoms with Gasteiger partial charge >= 0.3 is 0 Å². The Bertz CT molecular complexity index is 2770. The number of nitrogens with one attached hydrogen (secondary N) is 1. The van der Waals surface area contributed by atoms with Crippen LogP contribution in [0.15, 0.2) is 89.0 Å². The molecule has 2 aromatic carbocycles. The van der Waals surface area contributed by atoms with E-state index in [2.05, 4.69) is 49.6 Å². The van der Waals surface area contributed by atoms with E-state index in [1.807, 2.05) is 75.7 Å². The van der Waals surface area contributed by atoms with E-state index in [4.69, 9.17) is 9.51 Å². The van der Waals surface area contributed by atoms with E-state index >= 15 is 0 Å². The Morgan fingerprint density at radius 3 is 2.41 bits per heavy atom. The molecule has 2 fully saturated rings. The minimum atomic E-state index is -0.828. The highest BCUT2D eigenvalue weighted by atomic mass is 32.1. The Kier molecular flexibility index (Phi) is 11.8. The lowest BCUT2D eigenvalue weighted by atomic mass is 9.91. The van der Waals surface area contributed by atoms with Gasteiger partial charge in [0.25, 0.3) is 0 Å². The summed E-state index contributed by atoms with van der Waals surface area (Å²) in [6.07, 6.45) is 3.09. The standard InChI is InChI=1S/C48H50N8O5S2/c1-26(2)43(48(60)56-24-35(57)21-39(56)46(59)51-28(4)30-10-12-32(13-11-30)44-29(5)50-25-62-44)41-22-37(54-61-41)34-18-27(3)45(49-23-34)55-16-14-31(15-17-55)42-20-33-19-38(52-53-47(33)63-42)36-8-6-7-9-40(36)58/h6-13,18-20,22-23,25-26,28,31,35,39,43,57-58H,14-17,21,24H2,1-5H3,(H,51,59)/t28-,35+,39-,43+/m0/s1. The smallest absolute Gasteiger partial charge is 0.243 e. The highest BCUT2D eigenvalue weighted by Crippen LogP contribution is 2.39. The van der Waals surface area contributed by atoms with Gasteiger partial charge in [0.2, 0.25) is 11.8 Å². The number of fused-ring (bicyclic) bond motifs is 1. The van der Waals surface area contributed by atoms with Crippen molar-refractivity contribution in [2.45, 2.75) is 83.9 Å². The Morgan fingerprint density at radius 2 is 1.70 bits per heavy atom. The van der Waals surface area contributed by atoms with Gasteiger partial charge in [0, 0.05) is 59.7 Å². The predicted molar refractivity (Wildman–Crippen MR) is 246 cm³/mol. The van der Waals surface area contributed by atoms with Gasteiger partial charge in [-0.2, -0.15) is 0 Å². The molecule has 2 amide bonds. The van der Waals surface area contributed by atoms with Crippen molar-refractivity contribution in [3.05, 3.63) is 112 Å². The lowest BCUT2D eigenvalue weighted by molar-refractivity contribution is -0.141. The van der Waals surface area contributed by atoms with Crippen molar-refractivity contribution >= 4 is 50.5 Å².